The Morgan fingerprint density at radius 3 is 2.25 bits per heavy atom. The second-order valence-corrected chi connectivity index (χ2v) is 2.33. The molecule has 0 saturated heterocycles. The number of carbonyl (C=O) groups is 1. The molecule has 2 atom stereocenters. The first-order valence-electron chi connectivity index (χ1n) is 2.53. The number of hydrogen-bond donors (Lipinski definition) is 2. The molecule has 0 aromatic rings. The smallest absolute Gasteiger partial charge is 0.335 e. The van der Waals surface area contributed by atoms with Gasteiger partial charge in [-0.2, -0.15) is 0 Å². The lowest BCUT2D eigenvalue weighted by molar-refractivity contribution is -0.149. The SMILES string of the molecule is CC1C[C@]1(O)C(=O)O. The largest absolute Gasteiger partial charge is 0.479 e. The van der Waals surface area contributed by atoms with Crippen molar-refractivity contribution in [2.75, 3.05) is 0 Å². The molecule has 0 bridgehead atoms. The van der Waals surface area contributed by atoms with Crippen molar-refractivity contribution in [1.82, 2.24) is 0 Å². The Morgan fingerprint density at radius 1 is 1.88 bits per heavy atom. The van der Waals surface area contributed by atoms with E-state index in [1.165, 1.54) is 0 Å². The molecule has 0 heterocycles. The first kappa shape index (κ1) is 5.56. The van der Waals surface area contributed by atoms with Crippen LogP contribution in [0.1, 0.15) is 13.3 Å². The van der Waals surface area contributed by atoms with Gasteiger partial charge in [0.15, 0.2) is 5.60 Å². The molecule has 1 saturated carbocycles. The highest BCUT2D eigenvalue weighted by atomic mass is 16.4. The topological polar surface area (TPSA) is 57.5 Å². The van der Waals surface area contributed by atoms with Crippen LogP contribution in [0.5, 0.6) is 0 Å². The van der Waals surface area contributed by atoms with Gasteiger partial charge < -0.3 is 10.2 Å². The number of carboxylic acids is 1. The minimum Gasteiger partial charge on any atom is -0.479 e. The number of hydrogen-bond acceptors (Lipinski definition) is 2. The van der Waals surface area contributed by atoms with Crippen LogP contribution in [0.15, 0.2) is 0 Å². The summed E-state index contributed by atoms with van der Waals surface area (Å²) in [6.45, 7) is 1.72. The van der Waals surface area contributed by atoms with Gasteiger partial charge >= 0.3 is 5.97 Å². The van der Waals surface area contributed by atoms with Crippen LogP contribution in [0.4, 0.5) is 0 Å². The van der Waals surface area contributed by atoms with E-state index in [0.717, 1.165) is 0 Å². The van der Waals surface area contributed by atoms with Gasteiger partial charge in [-0.3, -0.25) is 0 Å². The molecule has 1 aliphatic rings. The fraction of sp³-hybridized carbons (Fsp3) is 0.800. The molecule has 0 spiro atoms. The minimum atomic E-state index is -1.38. The Kier molecular flexibility index (Phi) is 0.854. The molecule has 0 amide bonds. The van der Waals surface area contributed by atoms with Gasteiger partial charge in [0.2, 0.25) is 0 Å². The highest BCUT2D eigenvalue weighted by molar-refractivity contribution is 5.81. The van der Waals surface area contributed by atoms with Crippen molar-refractivity contribution in [2.24, 2.45) is 5.92 Å². The van der Waals surface area contributed by atoms with E-state index < -0.39 is 11.6 Å². The Balaban J connectivity index is 2.60. The van der Waals surface area contributed by atoms with Crippen molar-refractivity contribution in [3.8, 4) is 0 Å². The summed E-state index contributed by atoms with van der Waals surface area (Å²) in [5.41, 5.74) is -1.38. The Morgan fingerprint density at radius 2 is 2.25 bits per heavy atom. The lowest BCUT2D eigenvalue weighted by Crippen LogP contribution is -2.22. The molecule has 8 heavy (non-hydrogen) atoms. The molecular formula is C5H8O3. The number of carboxylic acid groups (broad SMARTS) is 1. The zero-order valence-corrected chi connectivity index (χ0v) is 4.59. The van der Waals surface area contributed by atoms with Gasteiger partial charge in [0.25, 0.3) is 0 Å². The summed E-state index contributed by atoms with van der Waals surface area (Å²) >= 11 is 0. The maximum atomic E-state index is 10.0. The maximum Gasteiger partial charge on any atom is 0.335 e. The van der Waals surface area contributed by atoms with E-state index in [1.54, 1.807) is 6.92 Å². The molecule has 0 aliphatic heterocycles. The number of aliphatic hydroxyl groups is 1. The summed E-state index contributed by atoms with van der Waals surface area (Å²) in [5, 5.41) is 17.1. The summed E-state index contributed by atoms with van der Waals surface area (Å²) in [6, 6.07) is 0. The quantitative estimate of drug-likeness (QED) is 0.500. The van der Waals surface area contributed by atoms with E-state index in [9.17, 15) is 4.79 Å². The van der Waals surface area contributed by atoms with Crippen molar-refractivity contribution in [3.63, 3.8) is 0 Å². The normalized spacial score (nSPS) is 44.0. The van der Waals surface area contributed by atoms with Crippen LogP contribution in [0.25, 0.3) is 0 Å². The van der Waals surface area contributed by atoms with Crippen molar-refractivity contribution < 1.29 is 15.0 Å². The summed E-state index contributed by atoms with van der Waals surface area (Å²) < 4.78 is 0. The third-order valence-electron chi connectivity index (χ3n) is 1.64. The summed E-state index contributed by atoms with van der Waals surface area (Å²) in [4.78, 5) is 10.0. The van der Waals surface area contributed by atoms with E-state index in [4.69, 9.17) is 10.2 Å². The molecule has 1 unspecified atom stereocenters. The maximum absolute atomic E-state index is 10.0. The molecule has 0 aromatic heterocycles. The van der Waals surface area contributed by atoms with Gasteiger partial charge in [0, 0.05) is 0 Å². The molecule has 46 valence electrons. The van der Waals surface area contributed by atoms with E-state index in [1.807, 2.05) is 0 Å². The molecule has 1 aliphatic carbocycles. The summed E-state index contributed by atoms with van der Waals surface area (Å²) in [7, 11) is 0. The first-order chi connectivity index (χ1) is 3.57. The first-order valence-corrected chi connectivity index (χ1v) is 2.53. The van der Waals surface area contributed by atoms with Crippen molar-refractivity contribution >= 4 is 5.97 Å². The summed E-state index contributed by atoms with van der Waals surface area (Å²) in [5.74, 6) is -1.15. The lowest BCUT2D eigenvalue weighted by Gasteiger charge is -1.97. The zero-order chi connectivity index (χ0) is 6.36. The van der Waals surface area contributed by atoms with Gasteiger partial charge in [0.1, 0.15) is 0 Å². The average molecular weight is 116 g/mol. The molecular weight excluding hydrogens is 108 g/mol. The average Bonchev–Trinajstić information content (AvgIpc) is 2.17. The molecule has 0 aromatic carbocycles. The third kappa shape index (κ3) is 0.512. The lowest BCUT2D eigenvalue weighted by atomic mass is 10.3. The van der Waals surface area contributed by atoms with E-state index >= 15 is 0 Å². The van der Waals surface area contributed by atoms with Gasteiger partial charge in [-0.15, -0.1) is 0 Å². The van der Waals surface area contributed by atoms with E-state index in [0.29, 0.717) is 6.42 Å². The van der Waals surface area contributed by atoms with Crippen molar-refractivity contribution in [1.29, 1.82) is 0 Å². The van der Waals surface area contributed by atoms with Crippen LogP contribution in [0.2, 0.25) is 0 Å². The van der Waals surface area contributed by atoms with Crippen LogP contribution < -0.4 is 0 Å². The third-order valence-corrected chi connectivity index (χ3v) is 1.64. The fourth-order valence-corrected chi connectivity index (χ4v) is 0.706. The highest BCUT2D eigenvalue weighted by Crippen LogP contribution is 2.42. The van der Waals surface area contributed by atoms with Crippen LogP contribution in [-0.4, -0.2) is 21.8 Å². The van der Waals surface area contributed by atoms with Gasteiger partial charge in [-0.1, -0.05) is 6.92 Å². The molecule has 2 N–H and O–H groups in total. The molecule has 0 radical (unpaired) electrons. The predicted molar refractivity (Wildman–Crippen MR) is 26.4 cm³/mol. The van der Waals surface area contributed by atoms with Crippen LogP contribution in [-0.2, 0) is 4.79 Å². The standard InChI is InChI=1S/C5H8O3/c1-3-2-5(3,8)4(6)7/h3,8H,2H2,1H3,(H,6,7)/t3?,5-/m1/s1. The van der Waals surface area contributed by atoms with Crippen LogP contribution >= 0.6 is 0 Å². The Labute approximate surface area is 46.9 Å². The Bertz CT molecular complexity index is 132. The van der Waals surface area contributed by atoms with Gasteiger partial charge in [-0.25, -0.2) is 4.79 Å². The molecule has 3 nitrogen and oxygen atoms in total. The van der Waals surface area contributed by atoms with Gasteiger partial charge in [-0.05, 0) is 12.3 Å². The number of rotatable bonds is 1. The summed E-state index contributed by atoms with van der Waals surface area (Å²) in [6.07, 6.45) is 0.405. The minimum absolute atomic E-state index is 0.0556. The highest BCUT2D eigenvalue weighted by Gasteiger charge is 2.56. The van der Waals surface area contributed by atoms with E-state index in [2.05, 4.69) is 0 Å². The predicted octanol–water partition coefficient (Wildman–Crippen LogP) is -0.158. The second kappa shape index (κ2) is 1.23. The van der Waals surface area contributed by atoms with Crippen molar-refractivity contribution in [3.05, 3.63) is 0 Å². The Hall–Kier alpha value is -0.570. The molecule has 3 heteroatoms. The van der Waals surface area contributed by atoms with Crippen molar-refractivity contribution in [2.45, 2.75) is 18.9 Å². The monoisotopic (exact) mass is 116 g/mol. The second-order valence-electron chi connectivity index (χ2n) is 2.33. The fourth-order valence-electron chi connectivity index (χ4n) is 0.706. The van der Waals surface area contributed by atoms with Gasteiger partial charge in [0.05, 0.1) is 0 Å². The molecule has 1 rings (SSSR count). The van der Waals surface area contributed by atoms with E-state index in [-0.39, 0.29) is 5.92 Å². The molecule has 1 fully saturated rings. The number of aliphatic carboxylic acids is 1. The van der Waals surface area contributed by atoms with Crippen LogP contribution in [0.3, 0.4) is 0 Å². The van der Waals surface area contributed by atoms with Crippen LogP contribution in [0, 0.1) is 5.92 Å². The zero-order valence-electron chi connectivity index (χ0n) is 4.59.